The van der Waals surface area contributed by atoms with Crippen LogP contribution in [0.3, 0.4) is 0 Å². The normalized spacial score (nSPS) is 21.6. The van der Waals surface area contributed by atoms with Gasteiger partial charge >= 0.3 is 0 Å². The summed E-state index contributed by atoms with van der Waals surface area (Å²) in [6, 6.07) is 8.55. The zero-order valence-electron chi connectivity index (χ0n) is 12.6. The maximum atomic E-state index is 12.8. The number of hydrogen-bond acceptors (Lipinski definition) is 3. The largest absolute Gasteiger partial charge is 0.354 e. The van der Waals surface area contributed by atoms with E-state index in [1.807, 2.05) is 11.3 Å². The van der Waals surface area contributed by atoms with Crippen LogP contribution in [0.4, 0.5) is 0 Å². The van der Waals surface area contributed by atoms with Crippen LogP contribution in [0.15, 0.2) is 35.0 Å². The molecule has 116 valence electrons. The first-order valence-electron chi connectivity index (χ1n) is 8.12. The van der Waals surface area contributed by atoms with E-state index < -0.39 is 0 Å². The predicted octanol–water partition coefficient (Wildman–Crippen LogP) is 4.47. The van der Waals surface area contributed by atoms with E-state index in [9.17, 15) is 4.79 Å². The van der Waals surface area contributed by atoms with Gasteiger partial charge in [0.1, 0.15) is 0 Å². The van der Waals surface area contributed by atoms with Crippen LogP contribution in [0.1, 0.15) is 48.3 Å². The van der Waals surface area contributed by atoms with Gasteiger partial charge in [0.15, 0.2) is 0 Å². The minimum atomic E-state index is -0.205. The lowest BCUT2D eigenvalue weighted by Crippen LogP contribution is -2.42. The summed E-state index contributed by atoms with van der Waals surface area (Å²) in [5.41, 5.74) is -0.0151. The molecular weight excluding hydrogens is 310 g/mol. The van der Waals surface area contributed by atoms with Crippen molar-refractivity contribution in [1.82, 2.24) is 5.32 Å². The summed E-state index contributed by atoms with van der Waals surface area (Å²) in [5.74, 6) is 0.248. The third-order valence-electron chi connectivity index (χ3n) is 5.37. The van der Waals surface area contributed by atoms with Gasteiger partial charge in [-0.2, -0.15) is 0 Å². The van der Waals surface area contributed by atoms with Crippen LogP contribution in [-0.4, -0.2) is 12.5 Å². The molecule has 0 atom stereocenters. The van der Waals surface area contributed by atoms with Crippen LogP contribution in [0.5, 0.6) is 0 Å². The summed E-state index contributed by atoms with van der Waals surface area (Å²) in [6.07, 6.45) is 6.99. The van der Waals surface area contributed by atoms with Crippen molar-refractivity contribution in [2.24, 2.45) is 0 Å². The average Bonchev–Trinajstić information content (AvgIpc) is 3.06. The van der Waals surface area contributed by atoms with Crippen molar-refractivity contribution in [2.75, 3.05) is 6.54 Å². The fourth-order valence-electron chi connectivity index (χ4n) is 3.82. The summed E-state index contributed by atoms with van der Waals surface area (Å²) in [4.78, 5) is 15.5. The smallest absolute Gasteiger partial charge is 0.231 e. The van der Waals surface area contributed by atoms with Crippen molar-refractivity contribution in [2.45, 2.75) is 49.4 Å². The van der Waals surface area contributed by atoms with Gasteiger partial charge in [-0.1, -0.05) is 25.0 Å². The lowest BCUT2D eigenvalue weighted by atomic mass is 9.84. The van der Waals surface area contributed by atoms with Crippen LogP contribution in [0, 0.1) is 0 Å². The highest BCUT2D eigenvalue weighted by molar-refractivity contribution is 7.10. The van der Waals surface area contributed by atoms with Crippen molar-refractivity contribution < 1.29 is 4.79 Å². The maximum Gasteiger partial charge on any atom is 0.231 e. The van der Waals surface area contributed by atoms with Gasteiger partial charge in [0.05, 0.1) is 5.41 Å². The molecule has 4 heteroatoms. The highest BCUT2D eigenvalue weighted by Gasteiger charge is 2.52. The molecule has 2 aromatic rings. The Morgan fingerprint density at radius 2 is 1.64 bits per heavy atom. The van der Waals surface area contributed by atoms with Crippen LogP contribution < -0.4 is 5.32 Å². The second kappa shape index (κ2) is 5.50. The Hall–Kier alpha value is -1.13. The van der Waals surface area contributed by atoms with Crippen molar-refractivity contribution >= 4 is 28.6 Å². The van der Waals surface area contributed by atoms with E-state index in [-0.39, 0.29) is 16.7 Å². The summed E-state index contributed by atoms with van der Waals surface area (Å²) in [6.45, 7) is 0.805. The molecule has 2 fully saturated rings. The van der Waals surface area contributed by atoms with E-state index in [1.54, 1.807) is 11.3 Å². The van der Waals surface area contributed by atoms with E-state index in [4.69, 9.17) is 0 Å². The van der Waals surface area contributed by atoms with Crippen molar-refractivity contribution in [3.05, 3.63) is 44.8 Å². The number of thiophene rings is 2. The van der Waals surface area contributed by atoms with Crippen LogP contribution in [0.2, 0.25) is 0 Å². The number of carbonyl (C=O) groups is 1. The molecule has 2 heterocycles. The second-order valence-electron chi connectivity index (χ2n) is 6.71. The molecule has 4 rings (SSSR count). The molecule has 0 aliphatic heterocycles. The second-order valence-corrected chi connectivity index (χ2v) is 8.60. The Labute approximate surface area is 139 Å². The highest BCUT2D eigenvalue weighted by atomic mass is 32.1. The summed E-state index contributed by atoms with van der Waals surface area (Å²) >= 11 is 3.56. The molecule has 2 aromatic heterocycles. The molecule has 0 radical (unpaired) electrons. The standard InChI is InChI=1S/C18H21NOS2/c20-16(18(9-10-18)15-6-4-12-22-15)19-13-17(7-1-2-8-17)14-5-3-11-21-14/h3-6,11-12H,1-2,7-10,13H2,(H,19,20). The molecule has 0 unspecified atom stereocenters. The molecule has 1 N–H and O–H groups in total. The molecule has 2 nitrogen and oxygen atoms in total. The Balaban J connectivity index is 1.49. The van der Waals surface area contributed by atoms with Gasteiger partial charge in [0.2, 0.25) is 5.91 Å². The minimum Gasteiger partial charge on any atom is -0.354 e. The first-order chi connectivity index (χ1) is 10.8. The Bertz CT molecular complexity index is 635. The number of amides is 1. The van der Waals surface area contributed by atoms with E-state index in [1.165, 1.54) is 35.4 Å². The SMILES string of the molecule is O=C(NCC1(c2cccs2)CCCC1)C1(c2cccs2)CC1. The number of rotatable bonds is 5. The molecule has 0 saturated heterocycles. The number of carbonyl (C=O) groups excluding carboxylic acids is 1. The maximum absolute atomic E-state index is 12.8. The zero-order valence-corrected chi connectivity index (χ0v) is 14.3. The van der Waals surface area contributed by atoms with Gasteiger partial charge in [-0.15, -0.1) is 22.7 Å². The first kappa shape index (κ1) is 14.5. The third-order valence-corrected chi connectivity index (χ3v) is 7.56. The monoisotopic (exact) mass is 331 g/mol. The van der Waals surface area contributed by atoms with Crippen LogP contribution in [0.25, 0.3) is 0 Å². The van der Waals surface area contributed by atoms with E-state index in [2.05, 4.69) is 40.3 Å². The topological polar surface area (TPSA) is 29.1 Å². The van der Waals surface area contributed by atoms with Crippen molar-refractivity contribution in [3.63, 3.8) is 0 Å². The zero-order chi connectivity index (χ0) is 15.0. The lowest BCUT2D eigenvalue weighted by molar-refractivity contribution is -0.123. The predicted molar refractivity (Wildman–Crippen MR) is 92.7 cm³/mol. The van der Waals surface area contributed by atoms with Crippen molar-refractivity contribution in [3.8, 4) is 0 Å². The number of hydrogen-bond donors (Lipinski definition) is 1. The Kier molecular flexibility index (Phi) is 3.61. The van der Waals surface area contributed by atoms with Crippen molar-refractivity contribution in [1.29, 1.82) is 0 Å². The fraction of sp³-hybridized carbons (Fsp3) is 0.500. The molecule has 2 saturated carbocycles. The molecule has 1 amide bonds. The van der Waals surface area contributed by atoms with Gasteiger partial charge in [-0.05, 0) is 48.6 Å². The van der Waals surface area contributed by atoms with E-state index in [0.717, 1.165) is 19.4 Å². The van der Waals surface area contributed by atoms with Crippen LogP contribution >= 0.6 is 22.7 Å². The molecular formula is C18H21NOS2. The first-order valence-corrected chi connectivity index (χ1v) is 9.88. The summed E-state index contributed by atoms with van der Waals surface area (Å²) < 4.78 is 0. The van der Waals surface area contributed by atoms with Gasteiger partial charge in [0, 0.05) is 21.7 Å². The quantitative estimate of drug-likeness (QED) is 0.860. The van der Waals surface area contributed by atoms with Gasteiger partial charge in [-0.25, -0.2) is 0 Å². The lowest BCUT2D eigenvalue weighted by Gasteiger charge is -2.29. The molecule has 0 bridgehead atoms. The third kappa shape index (κ3) is 2.33. The Morgan fingerprint density at radius 3 is 2.18 bits per heavy atom. The molecule has 0 aromatic carbocycles. The number of nitrogens with one attached hydrogen (secondary N) is 1. The average molecular weight is 332 g/mol. The van der Waals surface area contributed by atoms with E-state index in [0.29, 0.717) is 0 Å². The molecule has 22 heavy (non-hydrogen) atoms. The summed E-state index contributed by atoms with van der Waals surface area (Å²) in [5, 5.41) is 7.55. The molecule has 2 aliphatic carbocycles. The van der Waals surface area contributed by atoms with Gasteiger partial charge < -0.3 is 5.32 Å². The van der Waals surface area contributed by atoms with Crippen LogP contribution in [-0.2, 0) is 15.6 Å². The minimum absolute atomic E-state index is 0.190. The molecule has 0 spiro atoms. The van der Waals surface area contributed by atoms with E-state index >= 15 is 0 Å². The van der Waals surface area contributed by atoms with Gasteiger partial charge in [-0.3, -0.25) is 4.79 Å². The Morgan fingerprint density at radius 1 is 1.00 bits per heavy atom. The molecule has 2 aliphatic rings. The highest BCUT2D eigenvalue weighted by Crippen LogP contribution is 2.50. The van der Waals surface area contributed by atoms with Gasteiger partial charge in [0.25, 0.3) is 0 Å². The summed E-state index contributed by atoms with van der Waals surface area (Å²) in [7, 11) is 0. The fourth-order valence-corrected chi connectivity index (χ4v) is 5.79.